The first-order valence-corrected chi connectivity index (χ1v) is 7.14. The Hall–Kier alpha value is -1.26. The summed E-state index contributed by atoms with van der Waals surface area (Å²) in [7, 11) is 1.63. The second-order valence-corrected chi connectivity index (χ2v) is 5.97. The fraction of sp³-hybridized carbons (Fsp3) is 0.429. The Morgan fingerprint density at radius 3 is 2.40 bits per heavy atom. The lowest BCUT2D eigenvalue weighted by molar-refractivity contribution is -0.134. The Balaban J connectivity index is 1.94. The first kappa shape index (κ1) is 15.1. The molecule has 0 heterocycles. The number of anilines is 1. The second kappa shape index (κ2) is 6.02. The maximum absolute atomic E-state index is 11.9. The van der Waals surface area contributed by atoms with Gasteiger partial charge in [-0.3, -0.25) is 9.59 Å². The van der Waals surface area contributed by atoms with E-state index in [9.17, 15) is 9.59 Å². The minimum Gasteiger partial charge on any atom is -0.336 e. The number of amides is 2. The lowest BCUT2D eigenvalue weighted by Crippen LogP contribution is -2.36. The summed E-state index contributed by atoms with van der Waals surface area (Å²) in [5.41, 5.74) is 0.376. The van der Waals surface area contributed by atoms with Crippen LogP contribution >= 0.6 is 23.2 Å². The molecule has 1 aliphatic carbocycles. The average Bonchev–Trinajstić information content (AvgIpc) is 3.10. The molecule has 6 heteroatoms. The molecule has 108 valence electrons. The van der Waals surface area contributed by atoms with E-state index in [2.05, 4.69) is 5.32 Å². The van der Waals surface area contributed by atoms with E-state index in [1.165, 1.54) is 4.90 Å². The van der Waals surface area contributed by atoms with Gasteiger partial charge in [-0.1, -0.05) is 36.2 Å². The molecule has 20 heavy (non-hydrogen) atoms. The van der Waals surface area contributed by atoms with E-state index >= 15 is 0 Å². The van der Waals surface area contributed by atoms with Gasteiger partial charge in [0.2, 0.25) is 11.8 Å². The molecule has 0 spiro atoms. The van der Waals surface area contributed by atoms with Gasteiger partial charge in [0.1, 0.15) is 0 Å². The summed E-state index contributed by atoms with van der Waals surface area (Å²) in [6, 6.07) is 4.98. The van der Waals surface area contributed by atoms with E-state index in [-0.39, 0.29) is 24.3 Å². The van der Waals surface area contributed by atoms with E-state index in [1.54, 1.807) is 25.2 Å². The van der Waals surface area contributed by atoms with Crippen molar-refractivity contribution in [2.75, 3.05) is 18.9 Å². The highest BCUT2D eigenvalue weighted by Gasteiger charge is 2.40. The highest BCUT2D eigenvalue weighted by atomic mass is 35.5. The zero-order valence-electron chi connectivity index (χ0n) is 11.3. The predicted molar refractivity (Wildman–Crippen MR) is 80.0 cm³/mol. The molecule has 1 fully saturated rings. The van der Waals surface area contributed by atoms with Crippen LogP contribution in [0.1, 0.15) is 13.3 Å². The Morgan fingerprint density at radius 1 is 1.35 bits per heavy atom. The lowest BCUT2D eigenvalue weighted by atomic mass is 10.3. The molecule has 0 saturated heterocycles. The molecule has 0 aliphatic heterocycles. The van der Waals surface area contributed by atoms with E-state index < -0.39 is 0 Å². The zero-order chi connectivity index (χ0) is 14.9. The Morgan fingerprint density at radius 2 is 1.90 bits per heavy atom. The molecule has 2 amide bonds. The van der Waals surface area contributed by atoms with Gasteiger partial charge >= 0.3 is 0 Å². The number of benzene rings is 1. The summed E-state index contributed by atoms with van der Waals surface area (Å²) in [6.07, 6.45) is 0.904. The smallest absolute Gasteiger partial charge is 0.244 e. The number of halogens is 2. The molecule has 0 radical (unpaired) electrons. The third kappa shape index (κ3) is 3.44. The number of hydrogen-bond donors (Lipinski definition) is 1. The lowest BCUT2D eigenvalue weighted by Gasteiger charge is -2.17. The number of rotatable bonds is 4. The summed E-state index contributed by atoms with van der Waals surface area (Å²) in [6.45, 7) is 2.02. The number of para-hydroxylation sites is 1. The SMILES string of the molecule is C[C@H]1C[C@H]1C(=O)N(C)CC(=O)Nc1c(Cl)cccc1Cl. The molecule has 4 nitrogen and oxygen atoms in total. The van der Waals surface area contributed by atoms with Gasteiger partial charge in [-0.15, -0.1) is 0 Å². The highest BCUT2D eigenvalue weighted by Crippen LogP contribution is 2.38. The van der Waals surface area contributed by atoms with Crippen molar-refractivity contribution in [2.45, 2.75) is 13.3 Å². The van der Waals surface area contributed by atoms with Crippen LogP contribution in [-0.2, 0) is 9.59 Å². The number of nitrogens with one attached hydrogen (secondary N) is 1. The Labute approximate surface area is 128 Å². The van der Waals surface area contributed by atoms with Gasteiger partial charge in [-0.05, 0) is 24.5 Å². The average molecular weight is 315 g/mol. The van der Waals surface area contributed by atoms with Crippen molar-refractivity contribution >= 4 is 40.7 Å². The van der Waals surface area contributed by atoms with Gasteiger partial charge in [0.25, 0.3) is 0 Å². The number of carbonyl (C=O) groups excluding carboxylic acids is 2. The van der Waals surface area contributed by atoms with E-state index in [4.69, 9.17) is 23.2 Å². The molecule has 1 aliphatic rings. The van der Waals surface area contributed by atoms with Crippen LogP contribution in [0.2, 0.25) is 10.0 Å². The third-order valence-electron chi connectivity index (χ3n) is 3.41. The van der Waals surface area contributed by atoms with Crippen LogP contribution in [0.15, 0.2) is 18.2 Å². The quantitative estimate of drug-likeness (QED) is 0.928. The summed E-state index contributed by atoms with van der Waals surface area (Å²) in [5.74, 6) is 0.185. The van der Waals surface area contributed by atoms with Crippen LogP contribution in [0.5, 0.6) is 0 Å². The molecule has 0 aromatic heterocycles. The van der Waals surface area contributed by atoms with Crippen LogP contribution < -0.4 is 5.32 Å². The summed E-state index contributed by atoms with van der Waals surface area (Å²) in [5, 5.41) is 3.38. The Kier molecular flexibility index (Phi) is 4.55. The fourth-order valence-electron chi connectivity index (χ4n) is 2.04. The van der Waals surface area contributed by atoms with Gasteiger partial charge in [-0.2, -0.15) is 0 Å². The first-order valence-electron chi connectivity index (χ1n) is 6.39. The fourth-order valence-corrected chi connectivity index (χ4v) is 2.53. The summed E-state index contributed by atoms with van der Waals surface area (Å²) >= 11 is 11.9. The van der Waals surface area contributed by atoms with E-state index in [1.807, 2.05) is 6.92 Å². The van der Waals surface area contributed by atoms with Gasteiger partial charge in [0, 0.05) is 13.0 Å². The minimum atomic E-state index is -0.316. The van der Waals surface area contributed by atoms with Gasteiger partial charge in [-0.25, -0.2) is 0 Å². The van der Waals surface area contributed by atoms with Crippen LogP contribution in [0, 0.1) is 11.8 Å². The summed E-state index contributed by atoms with van der Waals surface area (Å²) < 4.78 is 0. The summed E-state index contributed by atoms with van der Waals surface area (Å²) in [4.78, 5) is 25.3. The van der Waals surface area contributed by atoms with E-state index in [0.717, 1.165) is 6.42 Å². The second-order valence-electron chi connectivity index (χ2n) is 5.16. The van der Waals surface area contributed by atoms with Crippen molar-refractivity contribution in [3.05, 3.63) is 28.2 Å². The van der Waals surface area contributed by atoms with Crippen molar-refractivity contribution in [2.24, 2.45) is 11.8 Å². The Bertz CT molecular complexity index is 528. The number of nitrogens with zero attached hydrogens (tertiary/aromatic N) is 1. The maximum atomic E-state index is 11.9. The van der Waals surface area contributed by atoms with Crippen molar-refractivity contribution in [1.82, 2.24) is 4.90 Å². The predicted octanol–water partition coefficient (Wildman–Crippen LogP) is 3.05. The van der Waals surface area contributed by atoms with Gasteiger partial charge in [0.15, 0.2) is 0 Å². The number of likely N-dealkylation sites (N-methyl/N-ethyl adjacent to an activating group) is 1. The van der Waals surface area contributed by atoms with Crippen LogP contribution in [0.4, 0.5) is 5.69 Å². The van der Waals surface area contributed by atoms with Crippen molar-refractivity contribution in [3.63, 3.8) is 0 Å². The van der Waals surface area contributed by atoms with E-state index in [0.29, 0.717) is 21.7 Å². The van der Waals surface area contributed by atoms with Crippen molar-refractivity contribution in [1.29, 1.82) is 0 Å². The number of hydrogen-bond acceptors (Lipinski definition) is 2. The van der Waals surface area contributed by atoms with Gasteiger partial charge in [0.05, 0.1) is 22.3 Å². The molecular formula is C14H16Cl2N2O2. The van der Waals surface area contributed by atoms with Crippen LogP contribution in [-0.4, -0.2) is 30.3 Å². The first-order chi connectivity index (χ1) is 9.40. The molecule has 1 saturated carbocycles. The molecule has 1 aromatic rings. The monoisotopic (exact) mass is 314 g/mol. The highest BCUT2D eigenvalue weighted by molar-refractivity contribution is 6.39. The topological polar surface area (TPSA) is 49.4 Å². The molecule has 0 bridgehead atoms. The third-order valence-corrected chi connectivity index (χ3v) is 4.04. The maximum Gasteiger partial charge on any atom is 0.244 e. The standard InChI is InChI=1S/C14H16Cl2N2O2/c1-8-6-9(8)14(20)18(2)7-12(19)17-13-10(15)4-3-5-11(13)16/h3-5,8-9H,6-7H2,1-2H3,(H,17,19)/t8-,9+/m0/s1. The molecule has 1 N–H and O–H groups in total. The largest absolute Gasteiger partial charge is 0.336 e. The minimum absolute atomic E-state index is 0.0103. The molecule has 2 atom stereocenters. The van der Waals surface area contributed by atoms with Crippen LogP contribution in [0.25, 0.3) is 0 Å². The molecule has 2 rings (SSSR count). The molecular weight excluding hydrogens is 299 g/mol. The van der Waals surface area contributed by atoms with Crippen LogP contribution in [0.3, 0.4) is 0 Å². The van der Waals surface area contributed by atoms with Gasteiger partial charge < -0.3 is 10.2 Å². The molecule has 0 unspecified atom stereocenters. The number of carbonyl (C=O) groups is 2. The van der Waals surface area contributed by atoms with Crippen molar-refractivity contribution < 1.29 is 9.59 Å². The van der Waals surface area contributed by atoms with Crippen molar-refractivity contribution in [3.8, 4) is 0 Å². The molecule has 1 aromatic carbocycles. The zero-order valence-corrected chi connectivity index (χ0v) is 12.8. The normalized spacial score (nSPS) is 20.4.